The highest BCUT2D eigenvalue weighted by molar-refractivity contribution is 9.10. The maximum Gasteiger partial charge on any atom is 0.133 e. The van der Waals surface area contributed by atoms with E-state index in [1.165, 1.54) is 0 Å². The van der Waals surface area contributed by atoms with Gasteiger partial charge in [-0.2, -0.15) is 0 Å². The van der Waals surface area contributed by atoms with E-state index < -0.39 is 0 Å². The molecule has 0 saturated heterocycles. The van der Waals surface area contributed by atoms with E-state index in [1.54, 1.807) is 0 Å². The molecule has 2 rings (SSSR count). The van der Waals surface area contributed by atoms with Crippen LogP contribution < -0.4 is 5.73 Å². The maximum absolute atomic E-state index is 9.63. The molecule has 3 N–H and O–H groups in total. The van der Waals surface area contributed by atoms with Crippen molar-refractivity contribution in [2.45, 2.75) is 18.9 Å². The van der Waals surface area contributed by atoms with E-state index in [0.29, 0.717) is 5.75 Å². The van der Waals surface area contributed by atoms with E-state index in [2.05, 4.69) is 15.9 Å². The topological polar surface area (TPSA) is 46.2 Å². The molecule has 1 aromatic carbocycles. The molecule has 0 saturated carbocycles. The lowest BCUT2D eigenvalue weighted by Crippen LogP contribution is -2.04. The summed E-state index contributed by atoms with van der Waals surface area (Å²) in [5, 5.41) is 9.63. The van der Waals surface area contributed by atoms with E-state index in [0.717, 1.165) is 28.4 Å². The van der Waals surface area contributed by atoms with Crippen LogP contribution in [-0.4, -0.2) is 5.11 Å². The Morgan fingerprint density at radius 2 is 2.25 bits per heavy atom. The van der Waals surface area contributed by atoms with E-state index >= 15 is 0 Å². The fraction of sp³-hybridized carbons (Fsp3) is 0.333. The lowest BCUT2D eigenvalue weighted by Gasteiger charge is -2.06. The fourth-order valence-electron chi connectivity index (χ4n) is 1.69. The second kappa shape index (κ2) is 2.75. The molecule has 1 atom stereocenters. The smallest absolute Gasteiger partial charge is 0.133 e. The molecule has 1 aliphatic rings. The monoisotopic (exact) mass is 227 g/mol. The van der Waals surface area contributed by atoms with Gasteiger partial charge < -0.3 is 10.8 Å². The summed E-state index contributed by atoms with van der Waals surface area (Å²) in [7, 11) is 0. The Labute approximate surface area is 79.5 Å². The number of phenolic OH excluding ortho intramolecular Hbond substituents is 1. The van der Waals surface area contributed by atoms with Crippen molar-refractivity contribution in [1.29, 1.82) is 0 Å². The summed E-state index contributed by atoms with van der Waals surface area (Å²) in [6, 6.07) is 3.94. The summed E-state index contributed by atoms with van der Waals surface area (Å²) in [6.45, 7) is 0. The summed E-state index contributed by atoms with van der Waals surface area (Å²) >= 11 is 3.28. The zero-order valence-electron chi connectivity index (χ0n) is 6.55. The van der Waals surface area contributed by atoms with Crippen LogP contribution in [0.25, 0.3) is 0 Å². The Bertz CT molecular complexity index is 325. The van der Waals surface area contributed by atoms with Crippen molar-refractivity contribution in [3.63, 3.8) is 0 Å². The minimum Gasteiger partial charge on any atom is -0.506 e. The van der Waals surface area contributed by atoms with Gasteiger partial charge in [-0.25, -0.2) is 0 Å². The molecule has 2 nitrogen and oxygen atoms in total. The molecule has 0 fully saturated rings. The molecule has 64 valence electrons. The number of aromatic hydroxyl groups is 1. The van der Waals surface area contributed by atoms with Gasteiger partial charge in [-0.15, -0.1) is 0 Å². The molecular weight excluding hydrogens is 218 g/mol. The van der Waals surface area contributed by atoms with Crippen molar-refractivity contribution in [2.75, 3.05) is 0 Å². The Balaban J connectivity index is 2.60. The number of benzene rings is 1. The SMILES string of the molecule is NC1CCc2c1ccc(Br)c2O. The fourth-order valence-corrected chi connectivity index (χ4v) is 2.06. The zero-order valence-corrected chi connectivity index (χ0v) is 8.13. The highest BCUT2D eigenvalue weighted by atomic mass is 79.9. The highest BCUT2D eigenvalue weighted by Gasteiger charge is 2.22. The van der Waals surface area contributed by atoms with Crippen LogP contribution in [0.5, 0.6) is 5.75 Å². The molecule has 0 spiro atoms. The lowest BCUT2D eigenvalue weighted by atomic mass is 10.1. The minimum atomic E-state index is 0.110. The number of rotatable bonds is 0. The first-order valence-corrected chi connectivity index (χ1v) is 4.75. The van der Waals surface area contributed by atoms with E-state index in [9.17, 15) is 5.11 Å². The molecule has 3 heteroatoms. The van der Waals surface area contributed by atoms with Crippen LogP contribution >= 0.6 is 15.9 Å². The van der Waals surface area contributed by atoms with Crippen molar-refractivity contribution in [2.24, 2.45) is 5.73 Å². The van der Waals surface area contributed by atoms with Gasteiger partial charge in [0, 0.05) is 6.04 Å². The van der Waals surface area contributed by atoms with Gasteiger partial charge in [0.25, 0.3) is 0 Å². The summed E-state index contributed by atoms with van der Waals surface area (Å²) in [5.41, 5.74) is 7.94. The number of phenols is 1. The number of nitrogens with two attached hydrogens (primary N) is 1. The van der Waals surface area contributed by atoms with Crippen LogP contribution in [0.3, 0.4) is 0 Å². The summed E-state index contributed by atoms with van der Waals surface area (Å²) in [5.74, 6) is 0.362. The zero-order chi connectivity index (χ0) is 8.72. The third kappa shape index (κ3) is 1.04. The van der Waals surface area contributed by atoms with Crippen LogP contribution in [0.15, 0.2) is 16.6 Å². The predicted molar refractivity (Wildman–Crippen MR) is 51.1 cm³/mol. The normalized spacial score (nSPS) is 21.0. The molecule has 0 aliphatic heterocycles. The van der Waals surface area contributed by atoms with Gasteiger partial charge in [-0.1, -0.05) is 6.07 Å². The van der Waals surface area contributed by atoms with Crippen LogP contribution in [0.2, 0.25) is 0 Å². The average Bonchev–Trinajstić information content (AvgIpc) is 2.41. The molecule has 1 aromatic rings. The standard InChI is InChI=1S/C9H10BrNO/c10-7-3-1-5-6(9(7)12)2-4-8(5)11/h1,3,8,12H,2,4,11H2. The first kappa shape index (κ1) is 8.08. The Kier molecular flexibility index (Phi) is 1.85. The van der Waals surface area contributed by atoms with E-state index in [4.69, 9.17) is 5.73 Å². The van der Waals surface area contributed by atoms with Crippen molar-refractivity contribution in [1.82, 2.24) is 0 Å². The summed E-state index contributed by atoms with van der Waals surface area (Å²) in [4.78, 5) is 0. The van der Waals surface area contributed by atoms with Gasteiger partial charge in [0.2, 0.25) is 0 Å². The molecule has 1 unspecified atom stereocenters. The third-order valence-electron chi connectivity index (χ3n) is 2.37. The van der Waals surface area contributed by atoms with Gasteiger partial charge in [-0.3, -0.25) is 0 Å². The van der Waals surface area contributed by atoms with E-state index in [-0.39, 0.29) is 6.04 Å². The molecule has 0 radical (unpaired) electrons. The molecule has 0 aromatic heterocycles. The largest absolute Gasteiger partial charge is 0.506 e. The predicted octanol–water partition coefficient (Wildman–Crippen LogP) is 2.10. The Morgan fingerprint density at radius 1 is 1.50 bits per heavy atom. The number of hydrogen-bond donors (Lipinski definition) is 2. The number of halogens is 1. The summed E-state index contributed by atoms with van der Waals surface area (Å²) < 4.78 is 0.760. The number of fused-ring (bicyclic) bond motifs is 1. The quantitative estimate of drug-likeness (QED) is 0.714. The van der Waals surface area contributed by atoms with E-state index in [1.807, 2.05) is 12.1 Å². The molecule has 1 aliphatic carbocycles. The summed E-state index contributed by atoms with van der Waals surface area (Å²) in [6.07, 6.45) is 1.83. The van der Waals surface area contributed by atoms with Crippen LogP contribution in [-0.2, 0) is 6.42 Å². The van der Waals surface area contributed by atoms with Gasteiger partial charge in [0.1, 0.15) is 5.75 Å². The van der Waals surface area contributed by atoms with Gasteiger partial charge in [-0.05, 0) is 46.0 Å². The van der Waals surface area contributed by atoms with Crippen LogP contribution in [0.4, 0.5) is 0 Å². The molecular formula is C9H10BrNO. The second-order valence-electron chi connectivity index (χ2n) is 3.11. The van der Waals surface area contributed by atoms with Crippen molar-refractivity contribution in [3.05, 3.63) is 27.7 Å². The van der Waals surface area contributed by atoms with Crippen molar-refractivity contribution >= 4 is 15.9 Å². The third-order valence-corrected chi connectivity index (χ3v) is 3.01. The average molecular weight is 228 g/mol. The molecule has 0 heterocycles. The second-order valence-corrected chi connectivity index (χ2v) is 3.96. The Hall–Kier alpha value is -0.540. The molecule has 0 bridgehead atoms. The van der Waals surface area contributed by atoms with Crippen molar-refractivity contribution < 1.29 is 5.11 Å². The van der Waals surface area contributed by atoms with Crippen LogP contribution in [0, 0.1) is 0 Å². The first-order valence-electron chi connectivity index (χ1n) is 3.96. The maximum atomic E-state index is 9.63. The first-order chi connectivity index (χ1) is 5.70. The Morgan fingerprint density at radius 3 is 3.00 bits per heavy atom. The molecule has 12 heavy (non-hydrogen) atoms. The molecule has 0 amide bonds. The highest BCUT2D eigenvalue weighted by Crippen LogP contribution is 2.39. The minimum absolute atomic E-state index is 0.110. The van der Waals surface area contributed by atoms with Gasteiger partial charge in [0.05, 0.1) is 4.47 Å². The van der Waals surface area contributed by atoms with Crippen molar-refractivity contribution in [3.8, 4) is 5.75 Å². The van der Waals surface area contributed by atoms with Gasteiger partial charge >= 0.3 is 0 Å². The lowest BCUT2D eigenvalue weighted by molar-refractivity contribution is 0.465. The number of hydrogen-bond acceptors (Lipinski definition) is 2. The van der Waals surface area contributed by atoms with Gasteiger partial charge in [0.15, 0.2) is 0 Å². The van der Waals surface area contributed by atoms with Crippen LogP contribution in [0.1, 0.15) is 23.6 Å².